The summed E-state index contributed by atoms with van der Waals surface area (Å²) >= 11 is 1.74. The molecule has 88 valence electrons. The number of hydrogen-bond donors (Lipinski definition) is 1. The highest BCUT2D eigenvalue weighted by Crippen LogP contribution is 2.21. The van der Waals surface area contributed by atoms with Crippen molar-refractivity contribution in [3.05, 3.63) is 10.6 Å². The molecule has 0 unspecified atom stereocenters. The molecule has 0 rings (SSSR count). The van der Waals surface area contributed by atoms with Gasteiger partial charge in [-0.1, -0.05) is 27.7 Å². The number of rotatable bonds is 7. The summed E-state index contributed by atoms with van der Waals surface area (Å²) in [5, 5.41) is 4.11. The van der Waals surface area contributed by atoms with E-state index >= 15 is 0 Å². The van der Waals surface area contributed by atoms with Crippen LogP contribution in [-0.4, -0.2) is 11.7 Å². The van der Waals surface area contributed by atoms with Gasteiger partial charge in [0.05, 0.1) is 5.03 Å². The second-order valence-electron chi connectivity index (χ2n) is 3.37. The van der Waals surface area contributed by atoms with Crippen molar-refractivity contribution in [3.63, 3.8) is 0 Å². The number of hydrogen-bond acceptors (Lipinski definition) is 2. The first-order valence-electron chi connectivity index (χ1n) is 5.84. The van der Waals surface area contributed by atoms with Crippen LogP contribution in [-0.2, 0) is 4.79 Å². The van der Waals surface area contributed by atoms with Crippen LogP contribution in [0.15, 0.2) is 10.6 Å². The van der Waals surface area contributed by atoms with Gasteiger partial charge in [0.25, 0.3) is 0 Å². The third-order valence-corrected chi connectivity index (χ3v) is 3.16. The molecule has 0 saturated heterocycles. The van der Waals surface area contributed by atoms with Gasteiger partial charge in [-0.2, -0.15) is 0 Å². The maximum absolute atomic E-state index is 11.5. The third-order valence-electron chi connectivity index (χ3n) is 2.19. The second-order valence-corrected chi connectivity index (χ2v) is 4.65. The van der Waals surface area contributed by atoms with E-state index in [0.717, 1.165) is 30.0 Å². The fraction of sp³-hybridized carbons (Fsp3) is 0.750. The van der Waals surface area contributed by atoms with Crippen LogP contribution in [0, 0.1) is 0 Å². The fourth-order valence-electron chi connectivity index (χ4n) is 1.36. The van der Waals surface area contributed by atoms with E-state index in [1.54, 1.807) is 11.8 Å². The zero-order valence-electron chi connectivity index (χ0n) is 10.4. The van der Waals surface area contributed by atoms with Crippen LogP contribution >= 0.6 is 11.8 Å². The predicted molar refractivity (Wildman–Crippen MR) is 68.8 cm³/mol. The quantitative estimate of drug-likeness (QED) is 0.721. The fourth-order valence-corrected chi connectivity index (χ4v) is 2.33. The highest BCUT2D eigenvalue weighted by atomic mass is 32.2. The summed E-state index contributed by atoms with van der Waals surface area (Å²) in [6.45, 7) is 8.41. The van der Waals surface area contributed by atoms with Gasteiger partial charge >= 0.3 is 0 Å². The third kappa shape index (κ3) is 5.88. The van der Waals surface area contributed by atoms with E-state index in [0.29, 0.717) is 6.42 Å². The topological polar surface area (TPSA) is 29.1 Å². The summed E-state index contributed by atoms with van der Waals surface area (Å²) in [6, 6.07) is 0. The van der Waals surface area contributed by atoms with Crippen molar-refractivity contribution in [2.75, 3.05) is 5.75 Å². The van der Waals surface area contributed by atoms with Gasteiger partial charge in [0.15, 0.2) is 0 Å². The largest absolute Gasteiger partial charge is 0.321 e. The Morgan fingerprint density at radius 1 is 1.13 bits per heavy atom. The van der Waals surface area contributed by atoms with Gasteiger partial charge in [-0.15, -0.1) is 11.8 Å². The Bertz CT molecular complexity index is 218. The molecular weight excluding hydrogens is 206 g/mol. The van der Waals surface area contributed by atoms with E-state index in [2.05, 4.69) is 26.1 Å². The summed E-state index contributed by atoms with van der Waals surface area (Å²) in [5.41, 5.74) is 1.35. The minimum Gasteiger partial charge on any atom is -0.321 e. The Labute approximate surface area is 97.9 Å². The summed E-state index contributed by atoms with van der Waals surface area (Å²) in [4.78, 5) is 11.5. The summed E-state index contributed by atoms with van der Waals surface area (Å²) in [6.07, 6.45) is 3.56. The number of thioether (sulfide) groups is 1. The average Bonchev–Trinajstić information content (AvgIpc) is 2.20. The monoisotopic (exact) mass is 229 g/mol. The molecule has 0 aromatic rings. The Balaban J connectivity index is 4.50. The molecule has 0 aromatic carbocycles. The van der Waals surface area contributed by atoms with E-state index in [4.69, 9.17) is 0 Å². The Morgan fingerprint density at radius 3 is 2.13 bits per heavy atom. The standard InChI is InChI=1S/C12H23NOS/c1-5-9-11(14)13-12(15-8-4)10(6-2)7-3/h5-9H2,1-4H3,(H,13,14). The van der Waals surface area contributed by atoms with Crippen LogP contribution in [0.4, 0.5) is 0 Å². The first-order valence-corrected chi connectivity index (χ1v) is 6.82. The van der Waals surface area contributed by atoms with Crippen molar-refractivity contribution >= 4 is 17.7 Å². The van der Waals surface area contributed by atoms with E-state index < -0.39 is 0 Å². The van der Waals surface area contributed by atoms with Crippen molar-refractivity contribution < 1.29 is 4.79 Å². The molecule has 0 aromatic heterocycles. The van der Waals surface area contributed by atoms with Crippen LogP contribution in [0.2, 0.25) is 0 Å². The van der Waals surface area contributed by atoms with Gasteiger partial charge in [-0.25, -0.2) is 0 Å². The zero-order valence-corrected chi connectivity index (χ0v) is 11.2. The van der Waals surface area contributed by atoms with Gasteiger partial charge < -0.3 is 5.32 Å². The molecular formula is C12H23NOS. The van der Waals surface area contributed by atoms with Crippen LogP contribution in [0.1, 0.15) is 53.4 Å². The van der Waals surface area contributed by atoms with E-state index in [9.17, 15) is 4.79 Å². The summed E-state index contributed by atoms with van der Waals surface area (Å²) in [5.74, 6) is 1.15. The van der Waals surface area contributed by atoms with Gasteiger partial charge in [0, 0.05) is 6.42 Å². The van der Waals surface area contributed by atoms with Gasteiger partial charge in [0.1, 0.15) is 0 Å². The maximum atomic E-state index is 11.5. The molecule has 0 aliphatic rings. The van der Waals surface area contributed by atoms with Crippen molar-refractivity contribution in [1.29, 1.82) is 0 Å². The number of carbonyl (C=O) groups is 1. The zero-order chi connectivity index (χ0) is 11.7. The van der Waals surface area contributed by atoms with Crippen LogP contribution < -0.4 is 5.32 Å². The Kier molecular flexibility index (Phi) is 8.58. The molecule has 0 fully saturated rings. The summed E-state index contributed by atoms with van der Waals surface area (Å²) in [7, 11) is 0. The minimum atomic E-state index is 0.146. The van der Waals surface area contributed by atoms with Gasteiger partial charge in [0.2, 0.25) is 5.91 Å². The number of amides is 1. The molecule has 1 N–H and O–H groups in total. The van der Waals surface area contributed by atoms with E-state index in [1.807, 2.05) is 6.92 Å². The highest BCUT2D eigenvalue weighted by molar-refractivity contribution is 8.03. The Hall–Kier alpha value is -0.440. The molecule has 2 nitrogen and oxygen atoms in total. The molecule has 0 atom stereocenters. The Morgan fingerprint density at radius 2 is 1.73 bits per heavy atom. The first kappa shape index (κ1) is 14.6. The van der Waals surface area contributed by atoms with Crippen LogP contribution in [0.3, 0.4) is 0 Å². The molecule has 0 saturated carbocycles. The molecule has 0 heterocycles. The summed E-state index contributed by atoms with van der Waals surface area (Å²) < 4.78 is 0. The number of nitrogens with one attached hydrogen (secondary N) is 1. The lowest BCUT2D eigenvalue weighted by atomic mass is 10.2. The van der Waals surface area contributed by atoms with Crippen LogP contribution in [0.5, 0.6) is 0 Å². The minimum absolute atomic E-state index is 0.146. The average molecular weight is 229 g/mol. The molecule has 0 bridgehead atoms. The highest BCUT2D eigenvalue weighted by Gasteiger charge is 2.07. The van der Waals surface area contributed by atoms with Gasteiger partial charge in [-0.05, 0) is 30.6 Å². The maximum Gasteiger partial charge on any atom is 0.224 e. The molecule has 0 radical (unpaired) electrons. The lowest BCUT2D eigenvalue weighted by molar-refractivity contribution is -0.120. The number of allylic oxidation sites excluding steroid dienone is 1. The lowest BCUT2D eigenvalue weighted by Crippen LogP contribution is -2.22. The van der Waals surface area contributed by atoms with Crippen molar-refractivity contribution in [3.8, 4) is 0 Å². The van der Waals surface area contributed by atoms with Crippen molar-refractivity contribution in [2.45, 2.75) is 53.4 Å². The van der Waals surface area contributed by atoms with Crippen LogP contribution in [0.25, 0.3) is 0 Å². The van der Waals surface area contributed by atoms with E-state index in [-0.39, 0.29) is 5.91 Å². The molecule has 15 heavy (non-hydrogen) atoms. The molecule has 0 spiro atoms. The molecule has 1 amide bonds. The molecule has 0 aliphatic carbocycles. The number of carbonyl (C=O) groups excluding carboxylic acids is 1. The molecule has 0 aliphatic heterocycles. The lowest BCUT2D eigenvalue weighted by Gasteiger charge is -2.13. The smallest absolute Gasteiger partial charge is 0.224 e. The van der Waals surface area contributed by atoms with E-state index in [1.165, 1.54) is 5.57 Å². The van der Waals surface area contributed by atoms with Crippen molar-refractivity contribution in [1.82, 2.24) is 5.32 Å². The van der Waals surface area contributed by atoms with Crippen molar-refractivity contribution in [2.24, 2.45) is 0 Å². The predicted octanol–water partition coefficient (Wildman–Crippen LogP) is 3.69. The second kappa shape index (κ2) is 8.84. The van der Waals surface area contributed by atoms with Gasteiger partial charge in [-0.3, -0.25) is 4.79 Å². The first-order chi connectivity index (χ1) is 7.19. The SMILES string of the molecule is CCCC(=O)NC(SCC)=C(CC)CC. The normalized spacial score (nSPS) is 9.87. The molecule has 3 heteroatoms.